The van der Waals surface area contributed by atoms with Gasteiger partial charge in [0.25, 0.3) is 0 Å². The third-order valence-electron chi connectivity index (χ3n) is 3.43. The first kappa shape index (κ1) is 6.30. The molecule has 11 heavy (non-hydrogen) atoms. The highest BCUT2D eigenvalue weighted by molar-refractivity contribution is 8.06. The number of rotatable bonds is 0. The topological polar surface area (TPSA) is 17.1 Å². The number of allylic oxidation sites excluding steroid dienone is 2. The van der Waals surface area contributed by atoms with Gasteiger partial charge < -0.3 is 0 Å². The maximum Gasteiger partial charge on any atom is 0.141 e. The largest absolute Gasteiger partial charge is 0.299 e. The van der Waals surface area contributed by atoms with Crippen LogP contribution in [0.3, 0.4) is 0 Å². The third kappa shape index (κ3) is 0.486. The summed E-state index contributed by atoms with van der Waals surface area (Å²) in [7, 11) is 0. The van der Waals surface area contributed by atoms with Crippen LogP contribution in [0.5, 0.6) is 0 Å². The Morgan fingerprint density at radius 3 is 3.18 bits per heavy atom. The second-order valence-electron chi connectivity index (χ2n) is 3.79. The molecule has 3 atom stereocenters. The molecule has 2 aliphatic carbocycles. The van der Waals surface area contributed by atoms with E-state index in [0.717, 1.165) is 12.8 Å². The van der Waals surface area contributed by atoms with Crippen LogP contribution >= 0.6 is 11.8 Å². The Balaban J connectivity index is 2.11. The molecule has 0 N–H and O–H groups in total. The van der Waals surface area contributed by atoms with Gasteiger partial charge in [-0.2, -0.15) is 0 Å². The fourth-order valence-electron chi connectivity index (χ4n) is 2.66. The molecule has 1 saturated carbocycles. The van der Waals surface area contributed by atoms with Crippen molar-refractivity contribution in [3.63, 3.8) is 0 Å². The van der Waals surface area contributed by atoms with E-state index in [0.29, 0.717) is 22.4 Å². The van der Waals surface area contributed by atoms with E-state index >= 15 is 0 Å². The molecule has 4 aliphatic rings. The molecule has 1 nitrogen and oxygen atoms in total. The molecule has 4 rings (SSSR count). The number of carbonyl (C=O) groups is 1. The van der Waals surface area contributed by atoms with Crippen molar-refractivity contribution < 1.29 is 4.79 Å². The van der Waals surface area contributed by atoms with Crippen LogP contribution in [-0.2, 0) is 4.79 Å². The summed E-state index contributed by atoms with van der Waals surface area (Å²) >= 11 is 1.96. The van der Waals surface area contributed by atoms with Crippen molar-refractivity contribution >= 4 is 17.5 Å². The molecule has 1 saturated heterocycles. The molecule has 0 aromatic heterocycles. The summed E-state index contributed by atoms with van der Waals surface area (Å²) in [5.74, 6) is 1.48. The molecule has 0 aromatic carbocycles. The molecule has 3 unspecified atom stereocenters. The Bertz CT molecular complexity index is 281. The predicted molar refractivity (Wildman–Crippen MR) is 45.3 cm³/mol. The van der Waals surface area contributed by atoms with Crippen molar-refractivity contribution in [1.29, 1.82) is 0 Å². The number of hydrogen-bond acceptors (Lipinski definition) is 2. The van der Waals surface area contributed by atoms with Crippen LogP contribution in [0.25, 0.3) is 0 Å². The van der Waals surface area contributed by atoms with Crippen LogP contribution in [0.4, 0.5) is 0 Å². The van der Waals surface area contributed by atoms with E-state index < -0.39 is 0 Å². The Labute approximate surface area is 70.2 Å². The van der Waals surface area contributed by atoms with Crippen molar-refractivity contribution in [3.05, 3.63) is 11.0 Å². The number of Topliss-reactive ketones (excluding diaryl/α,β-unsaturated/α-hetero) is 1. The average molecular weight is 166 g/mol. The summed E-state index contributed by atoms with van der Waals surface area (Å²) in [6.45, 7) is 2.26. The SMILES string of the molecule is CC1C2=CC3C(=O)CCC13S2. The van der Waals surface area contributed by atoms with Crippen LogP contribution in [0.2, 0.25) is 0 Å². The molecule has 2 heteroatoms. The van der Waals surface area contributed by atoms with Crippen molar-refractivity contribution in [2.45, 2.75) is 24.5 Å². The first-order valence-electron chi connectivity index (χ1n) is 4.17. The number of ketones is 1. The lowest BCUT2D eigenvalue weighted by Gasteiger charge is -2.42. The minimum Gasteiger partial charge on any atom is -0.299 e. The van der Waals surface area contributed by atoms with Crippen molar-refractivity contribution in [2.24, 2.45) is 11.8 Å². The zero-order valence-electron chi connectivity index (χ0n) is 6.46. The Morgan fingerprint density at radius 2 is 2.55 bits per heavy atom. The van der Waals surface area contributed by atoms with Gasteiger partial charge in [0.15, 0.2) is 0 Å². The Morgan fingerprint density at radius 1 is 1.73 bits per heavy atom. The Hall–Kier alpha value is -0.240. The molecule has 0 radical (unpaired) electrons. The van der Waals surface area contributed by atoms with E-state index in [1.54, 1.807) is 0 Å². The smallest absolute Gasteiger partial charge is 0.141 e. The molecule has 0 aromatic rings. The van der Waals surface area contributed by atoms with E-state index in [2.05, 4.69) is 13.0 Å². The minimum atomic E-state index is 0.303. The van der Waals surface area contributed by atoms with Gasteiger partial charge in [-0.15, -0.1) is 11.8 Å². The van der Waals surface area contributed by atoms with Gasteiger partial charge in [-0.1, -0.05) is 13.0 Å². The molecule has 2 bridgehead atoms. The summed E-state index contributed by atoms with van der Waals surface area (Å²) in [4.78, 5) is 12.9. The molecular weight excluding hydrogens is 156 g/mol. The highest BCUT2D eigenvalue weighted by Crippen LogP contribution is 2.69. The van der Waals surface area contributed by atoms with Gasteiger partial charge in [0.2, 0.25) is 0 Å². The third-order valence-corrected chi connectivity index (χ3v) is 5.35. The fourth-order valence-corrected chi connectivity index (χ4v) is 4.34. The standard InChI is InChI=1S/C9H10OS/c1-5-8-4-6-7(10)2-3-9(5,6)11-8/h4-6H,2-3H2,1H3. The first-order chi connectivity index (χ1) is 5.24. The molecular formula is C9H10OS. The molecule has 1 spiro atoms. The van der Waals surface area contributed by atoms with Gasteiger partial charge in [0, 0.05) is 17.1 Å². The first-order valence-corrected chi connectivity index (χ1v) is 4.99. The normalized spacial score (nSPS) is 52.1. The van der Waals surface area contributed by atoms with Gasteiger partial charge in [0.05, 0.1) is 5.92 Å². The van der Waals surface area contributed by atoms with Crippen LogP contribution in [0.1, 0.15) is 19.8 Å². The summed E-state index contributed by atoms with van der Waals surface area (Å²) in [5, 5.41) is 0. The summed E-state index contributed by atoms with van der Waals surface area (Å²) in [6.07, 6.45) is 4.17. The molecule has 2 aliphatic heterocycles. The van der Waals surface area contributed by atoms with Crippen LogP contribution in [-0.4, -0.2) is 10.5 Å². The number of hydrogen-bond donors (Lipinski definition) is 0. The summed E-state index contributed by atoms with van der Waals surface area (Å²) in [5.41, 5.74) is 0. The second-order valence-corrected chi connectivity index (χ2v) is 5.23. The van der Waals surface area contributed by atoms with E-state index in [1.165, 1.54) is 4.91 Å². The van der Waals surface area contributed by atoms with Gasteiger partial charge in [-0.05, 0) is 11.3 Å². The van der Waals surface area contributed by atoms with Crippen LogP contribution < -0.4 is 0 Å². The van der Waals surface area contributed by atoms with Gasteiger partial charge >= 0.3 is 0 Å². The quantitative estimate of drug-likeness (QED) is 0.547. The van der Waals surface area contributed by atoms with E-state index in [4.69, 9.17) is 0 Å². The molecule has 2 heterocycles. The average Bonchev–Trinajstić information content (AvgIpc) is 2.57. The zero-order chi connectivity index (χ0) is 7.64. The lowest BCUT2D eigenvalue weighted by atomic mass is 9.89. The maximum absolute atomic E-state index is 11.4. The van der Waals surface area contributed by atoms with Crippen molar-refractivity contribution in [1.82, 2.24) is 0 Å². The second kappa shape index (κ2) is 1.58. The summed E-state index contributed by atoms with van der Waals surface area (Å²) < 4.78 is 0.354. The lowest BCUT2D eigenvalue weighted by Crippen LogP contribution is -2.39. The minimum absolute atomic E-state index is 0.303. The van der Waals surface area contributed by atoms with Crippen molar-refractivity contribution in [2.75, 3.05) is 0 Å². The molecule has 0 amide bonds. The highest BCUT2D eigenvalue weighted by atomic mass is 32.2. The molecule has 2 fully saturated rings. The Kier molecular flexibility index (Phi) is 0.905. The number of thioether (sulfide) groups is 1. The van der Waals surface area contributed by atoms with Crippen LogP contribution in [0.15, 0.2) is 11.0 Å². The van der Waals surface area contributed by atoms with Crippen LogP contribution in [0, 0.1) is 11.8 Å². The predicted octanol–water partition coefficient (Wildman–Crippen LogP) is 1.98. The summed E-state index contributed by atoms with van der Waals surface area (Å²) in [6, 6.07) is 0. The van der Waals surface area contributed by atoms with Gasteiger partial charge in [-0.25, -0.2) is 0 Å². The number of carbonyl (C=O) groups excluding carboxylic acids is 1. The van der Waals surface area contributed by atoms with Crippen molar-refractivity contribution in [3.8, 4) is 0 Å². The van der Waals surface area contributed by atoms with Gasteiger partial charge in [-0.3, -0.25) is 4.79 Å². The fraction of sp³-hybridized carbons (Fsp3) is 0.667. The zero-order valence-corrected chi connectivity index (χ0v) is 7.28. The molecule has 58 valence electrons. The van der Waals surface area contributed by atoms with E-state index in [-0.39, 0.29) is 0 Å². The monoisotopic (exact) mass is 166 g/mol. The maximum atomic E-state index is 11.4. The van der Waals surface area contributed by atoms with E-state index in [9.17, 15) is 4.79 Å². The highest BCUT2D eigenvalue weighted by Gasteiger charge is 2.63. The van der Waals surface area contributed by atoms with Gasteiger partial charge in [0.1, 0.15) is 5.78 Å². The van der Waals surface area contributed by atoms with E-state index in [1.807, 2.05) is 11.8 Å². The lowest BCUT2D eigenvalue weighted by molar-refractivity contribution is -0.119.